The molecular formula is C39H53NO12. The smallest absolute Gasteiger partial charge is 0.338 e. The van der Waals surface area contributed by atoms with Crippen LogP contribution in [0.2, 0.25) is 0 Å². The van der Waals surface area contributed by atoms with Crippen LogP contribution >= 0.6 is 0 Å². The molecule has 2 saturated carbocycles. The minimum atomic E-state index is -1.80. The molecule has 1 aromatic carbocycles. The van der Waals surface area contributed by atoms with Crippen molar-refractivity contribution in [1.82, 2.24) is 5.32 Å². The summed E-state index contributed by atoms with van der Waals surface area (Å²) in [5.74, 6) is -4.02. The zero-order valence-electron chi connectivity index (χ0n) is 31.3. The van der Waals surface area contributed by atoms with Crippen molar-refractivity contribution in [3.63, 3.8) is 0 Å². The second-order valence-electron chi connectivity index (χ2n) is 16.2. The van der Waals surface area contributed by atoms with Gasteiger partial charge in [0, 0.05) is 31.1 Å². The summed E-state index contributed by atoms with van der Waals surface area (Å²) in [5, 5.41) is 50.2. The van der Waals surface area contributed by atoms with E-state index in [9.17, 15) is 39.6 Å². The first-order valence-electron chi connectivity index (χ1n) is 17.8. The molecule has 12 atom stereocenters. The van der Waals surface area contributed by atoms with Gasteiger partial charge in [0.2, 0.25) is 5.91 Å². The van der Waals surface area contributed by atoms with Gasteiger partial charge >= 0.3 is 17.9 Å². The Labute approximate surface area is 304 Å². The highest BCUT2D eigenvalue weighted by Crippen LogP contribution is 2.67. The van der Waals surface area contributed by atoms with Crippen molar-refractivity contribution < 1.29 is 58.6 Å². The summed E-state index contributed by atoms with van der Waals surface area (Å²) in [6, 6.07) is 7.19. The molecule has 13 nitrogen and oxygen atoms in total. The molecule has 13 heteroatoms. The van der Waals surface area contributed by atoms with Crippen LogP contribution < -0.4 is 5.32 Å². The van der Waals surface area contributed by atoms with Crippen LogP contribution in [-0.4, -0.2) is 105 Å². The van der Waals surface area contributed by atoms with Gasteiger partial charge in [0.1, 0.15) is 24.4 Å². The molecule has 1 aromatic rings. The molecule has 5 rings (SSSR count). The number of aliphatic hydroxyl groups is 4. The maximum Gasteiger partial charge on any atom is 0.338 e. The van der Waals surface area contributed by atoms with Gasteiger partial charge in [-0.15, -0.1) is 0 Å². The lowest BCUT2D eigenvalue weighted by molar-refractivity contribution is -0.360. The second-order valence-corrected chi connectivity index (χ2v) is 16.2. The molecule has 1 aliphatic heterocycles. The lowest BCUT2D eigenvalue weighted by Crippen LogP contribution is -2.81. The van der Waals surface area contributed by atoms with E-state index in [0.717, 1.165) is 5.57 Å². The molecule has 3 fully saturated rings. The monoisotopic (exact) mass is 727 g/mol. The average Bonchev–Trinajstić information content (AvgIpc) is 3.05. The molecule has 2 bridgehead atoms. The number of carbonyl (C=O) groups is 4. The lowest BCUT2D eigenvalue weighted by atomic mass is 9.41. The van der Waals surface area contributed by atoms with E-state index in [4.69, 9.17) is 18.9 Å². The number of nitrogens with one attached hydrogen (secondary N) is 1. The third-order valence-corrected chi connectivity index (χ3v) is 12.5. The zero-order valence-corrected chi connectivity index (χ0v) is 31.3. The molecule has 0 unspecified atom stereocenters. The molecule has 286 valence electrons. The topological polar surface area (TPSA) is 198 Å². The molecule has 0 radical (unpaired) electrons. The zero-order chi connectivity index (χ0) is 38.7. The molecule has 1 saturated heterocycles. The molecule has 4 aliphatic rings. The number of ether oxygens (including phenoxy) is 4. The Kier molecular flexibility index (Phi) is 10.6. The summed E-state index contributed by atoms with van der Waals surface area (Å²) in [6.07, 6.45) is -8.12. The minimum absolute atomic E-state index is 0.0128. The van der Waals surface area contributed by atoms with Gasteiger partial charge in [-0.1, -0.05) is 57.5 Å². The third-order valence-electron chi connectivity index (χ3n) is 12.5. The van der Waals surface area contributed by atoms with E-state index in [1.165, 1.54) is 19.9 Å². The Hall–Kier alpha value is -3.62. The van der Waals surface area contributed by atoms with E-state index in [-0.39, 0.29) is 25.0 Å². The summed E-state index contributed by atoms with van der Waals surface area (Å²) >= 11 is 0. The minimum Gasteiger partial charge on any atom is -0.458 e. The number of rotatable bonds is 8. The second kappa shape index (κ2) is 14.0. The summed E-state index contributed by atoms with van der Waals surface area (Å²) in [4.78, 5) is 52.6. The van der Waals surface area contributed by atoms with Crippen LogP contribution in [-0.2, 0) is 33.3 Å². The van der Waals surface area contributed by atoms with E-state index in [0.29, 0.717) is 11.1 Å². The number of hydrogen-bond donors (Lipinski definition) is 5. The highest BCUT2D eigenvalue weighted by molar-refractivity contribution is 5.89. The SMILES string of the molecule is CC(=O)N[C@@H](C=C(C)C)[C@@H](O)C(=O)O[C@H]1C[C@@]2(C)[C@@H](OC(=O)c3ccccc3)[C@@H]3[C@]4(OC(C)=O)CO[C@@H]4C[C@H](O)[C@@]3(C)[C@H](O)[C@H](O)C(=C1C)C2(C)C. The molecule has 52 heavy (non-hydrogen) atoms. The quantitative estimate of drug-likeness (QED) is 0.149. The van der Waals surface area contributed by atoms with Crippen molar-refractivity contribution in [3.8, 4) is 0 Å². The van der Waals surface area contributed by atoms with E-state index < -0.39 is 100 Å². The normalized spacial score (nSPS) is 37.3. The summed E-state index contributed by atoms with van der Waals surface area (Å²) < 4.78 is 24.6. The van der Waals surface area contributed by atoms with Crippen LogP contribution in [0.1, 0.15) is 85.5 Å². The Bertz CT molecular complexity index is 1650. The molecule has 1 amide bonds. The van der Waals surface area contributed by atoms with Gasteiger partial charge in [-0.3, -0.25) is 9.59 Å². The van der Waals surface area contributed by atoms with Gasteiger partial charge in [-0.05, 0) is 55.9 Å². The number of esters is 3. The Morgan fingerprint density at radius 2 is 1.62 bits per heavy atom. The largest absolute Gasteiger partial charge is 0.458 e. The number of amides is 1. The fraction of sp³-hybridized carbons (Fsp3) is 0.641. The maximum atomic E-state index is 14.1. The Morgan fingerprint density at radius 3 is 2.15 bits per heavy atom. The van der Waals surface area contributed by atoms with Gasteiger partial charge in [-0.2, -0.15) is 0 Å². The first-order valence-corrected chi connectivity index (χ1v) is 17.8. The van der Waals surface area contributed by atoms with Gasteiger partial charge in [0.15, 0.2) is 11.7 Å². The van der Waals surface area contributed by atoms with Crippen molar-refractivity contribution in [2.24, 2.45) is 22.2 Å². The molecule has 0 spiro atoms. The maximum absolute atomic E-state index is 14.1. The fourth-order valence-corrected chi connectivity index (χ4v) is 9.46. The summed E-state index contributed by atoms with van der Waals surface area (Å²) in [7, 11) is 0. The number of hydrogen-bond acceptors (Lipinski definition) is 12. The standard InChI is InChI=1S/C39H53NO12/c1-19(2)15-24(40-21(4)41)29(44)35(48)50-25-17-37(8)33(51-34(47)23-13-11-10-12-14-23)31-38(9,32(46)30(45)28(20(25)3)36(37,6)7)26(43)16-27-39(31,18-49-27)52-22(5)42/h10-15,24-27,29-33,43-46H,16-18H2,1-9H3,(H,40,41)/t24-,25-,26-,27+,29+,30+,31-,32+,33-,37-,38+,39-/m0/s1. The number of aliphatic hydroxyl groups excluding tert-OH is 4. The summed E-state index contributed by atoms with van der Waals surface area (Å²) in [6.45, 7) is 14.7. The first kappa shape index (κ1) is 39.6. The fourth-order valence-electron chi connectivity index (χ4n) is 9.46. The van der Waals surface area contributed by atoms with Crippen LogP contribution in [0.25, 0.3) is 0 Å². The van der Waals surface area contributed by atoms with E-state index in [1.54, 1.807) is 58.0 Å². The van der Waals surface area contributed by atoms with E-state index >= 15 is 0 Å². The van der Waals surface area contributed by atoms with Crippen LogP contribution in [0.4, 0.5) is 0 Å². The van der Waals surface area contributed by atoms with Gasteiger partial charge in [0.05, 0.1) is 36.3 Å². The van der Waals surface area contributed by atoms with Gasteiger partial charge < -0.3 is 44.7 Å². The van der Waals surface area contributed by atoms with Crippen LogP contribution in [0.3, 0.4) is 0 Å². The van der Waals surface area contributed by atoms with Gasteiger partial charge in [-0.25, -0.2) is 9.59 Å². The van der Waals surface area contributed by atoms with Crippen molar-refractivity contribution in [1.29, 1.82) is 0 Å². The van der Waals surface area contributed by atoms with Crippen molar-refractivity contribution in [3.05, 3.63) is 58.7 Å². The van der Waals surface area contributed by atoms with E-state index in [1.807, 2.05) is 20.8 Å². The van der Waals surface area contributed by atoms with Crippen LogP contribution in [0.5, 0.6) is 0 Å². The van der Waals surface area contributed by atoms with E-state index in [2.05, 4.69) is 5.32 Å². The van der Waals surface area contributed by atoms with Crippen LogP contribution in [0, 0.1) is 22.2 Å². The predicted octanol–water partition coefficient (Wildman–Crippen LogP) is 2.53. The third kappa shape index (κ3) is 6.27. The van der Waals surface area contributed by atoms with Crippen molar-refractivity contribution >= 4 is 23.8 Å². The number of fused-ring (bicyclic) bond motifs is 5. The highest BCUT2D eigenvalue weighted by atomic mass is 16.6. The first-order chi connectivity index (χ1) is 24.1. The van der Waals surface area contributed by atoms with Crippen molar-refractivity contribution in [2.75, 3.05) is 6.61 Å². The predicted molar refractivity (Wildman–Crippen MR) is 186 cm³/mol. The van der Waals surface area contributed by atoms with Gasteiger partial charge in [0.25, 0.3) is 0 Å². The molecular weight excluding hydrogens is 674 g/mol. The molecule has 5 N–H and O–H groups in total. The highest BCUT2D eigenvalue weighted by Gasteiger charge is 2.77. The van der Waals surface area contributed by atoms with Crippen LogP contribution in [0.15, 0.2) is 53.1 Å². The lowest BCUT2D eigenvalue weighted by Gasteiger charge is -2.69. The summed E-state index contributed by atoms with van der Waals surface area (Å²) in [5.41, 5.74) is -3.79. The number of carbonyl (C=O) groups excluding carboxylic acids is 4. The number of allylic oxidation sites excluding steroid dienone is 1. The number of benzene rings is 1. The Balaban J connectivity index is 1.72. The Morgan fingerprint density at radius 1 is 0.981 bits per heavy atom. The molecule has 1 heterocycles. The average molecular weight is 728 g/mol. The van der Waals surface area contributed by atoms with Crippen molar-refractivity contribution in [2.45, 2.75) is 130 Å². The molecule has 0 aromatic heterocycles. The molecule has 3 aliphatic carbocycles.